The predicted octanol–water partition coefficient (Wildman–Crippen LogP) is 4.84. The number of carbonyl (C=O) groups is 2. The van der Waals surface area contributed by atoms with Gasteiger partial charge in [0, 0.05) is 0 Å². The summed E-state index contributed by atoms with van der Waals surface area (Å²) in [5.74, 6) is 0.655. The van der Waals surface area contributed by atoms with E-state index in [4.69, 9.17) is 18.9 Å². The molecule has 0 aromatic heterocycles. The molecule has 2 atom stereocenters. The van der Waals surface area contributed by atoms with Crippen LogP contribution in [-0.2, 0) is 18.9 Å². The van der Waals surface area contributed by atoms with Gasteiger partial charge in [-0.3, -0.25) is 0 Å². The van der Waals surface area contributed by atoms with Gasteiger partial charge in [-0.25, -0.2) is 9.59 Å². The minimum Gasteiger partial charge on any atom is -0.434 e. The van der Waals surface area contributed by atoms with Gasteiger partial charge in [-0.05, 0) is 58.3 Å². The first-order chi connectivity index (χ1) is 11.4. The van der Waals surface area contributed by atoms with E-state index in [1.165, 1.54) is 0 Å². The van der Waals surface area contributed by atoms with Gasteiger partial charge in [-0.2, -0.15) is 0 Å². The third-order valence-corrected chi connectivity index (χ3v) is 3.86. The van der Waals surface area contributed by atoms with Gasteiger partial charge in [0.05, 0.1) is 12.7 Å². The van der Waals surface area contributed by atoms with Crippen LogP contribution < -0.4 is 0 Å². The molecule has 0 saturated heterocycles. The smallest absolute Gasteiger partial charge is 0.434 e. The Balaban J connectivity index is 2.31. The van der Waals surface area contributed by atoms with Gasteiger partial charge in [0.15, 0.2) is 0 Å². The zero-order valence-electron chi connectivity index (χ0n) is 15.4. The van der Waals surface area contributed by atoms with E-state index in [9.17, 15) is 9.59 Å². The minimum absolute atomic E-state index is 0.240. The summed E-state index contributed by atoms with van der Waals surface area (Å²) in [5, 5.41) is 0. The summed E-state index contributed by atoms with van der Waals surface area (Å²) in [6.07, 6.45) is 3.63. The van der Waals surface area contributed by atoms with Crippen LogP contribution in [0.4, 0.5) is 9.59 Å². The second-order valence-corrected chi connectivity index (χ2v) is 7.00. The van der Waals surface area contributed by atoms with E-state index >= 15 is 0 Å². The zero-order valence-corrected chi connectivity index (χ0v) is 15.4. The molecule has 140 valence electrons. The third kappa shape index (κ3) is 8.99. The van der Waals surface area contributed by atoms with Crippen molar-refractivity contribution in [2.24, 2.45) is 5.92 Å². The molecule has 0 N–H and O–H groups in total. The van der Waals surface area contributed by atoms with Gasteiger partial charge < -0.3 is 18.9 Å². The first-order valence-corrected chi connectivity index (χ1v) is 9.09. The first kappa shape index (κ1) is 20.6. The molecule has 6 nitrogen and oxygen atoms in total. The summed E-state index contributed by atoms with van der Waals surface area (Å²) in [4.78, 5) is 23.4. The molecular formula is C18H32O6. The Morgan fingerprint density at radius 2 is 1.50 bits per heavy atom. The molecule has 1 aliphatic carbocycles. The zero-order chi connectivity index (χ0) is 17.9. The van der Waals surface area contributed by atoms with E-state index < -0.39 is 24.5 Å². The van der Waals surface area contributed by atoms with E-state index in [1.54, 1.807) is 13.8 Å². The van der Waals surface area contributed by atoms with Crippen molar-refractivity contribution in [1.82, 2.24) is 0 Å². The van der Waals surface area contributed by atoms with Crippen LogP contribution in [0.3, 0.4) is 0 Å². The van der Waals surface area contributed by atoms with Gasteiger partial charge >= 0.3 is 12.3 Å². The van der Waals surface area contributed by atoms with Crippen molar-refractivity contribution in [3.63, 3.8) is 0 Å². The molecule has 0 aliphatic heterocycles. The molecule has 0 aromatic carbocycles. The number of carbonyl (C=O) groups excluding carboxylic acids is 2. The maximum absolute atomic E-state index is 11.8. The fraction of sp³-hybridized carbons (Fsp3) is 0.889. The summed E-state index contributed by atoms with van der Waals surface area (Å²) in [6.45, 7) is 8.21. The van der Waals surface area contributed by atoms with Crippen LogP contribution in [0.1, 0.15) is 72.6 Å². The van der Waals surface area contributed by atoms with E-state index in [-0.39, 0.29) is 6.10 Å². The minimum atomic E-state index is -0.715. The molecule has 0 radical (unpaired) electrons. The van der Waals surface area contributed by atoms with Crippen molar-refractivity contribution in [2.45, 2.75) is 91.0 Å². The van der Waals surface area contributed by atoms with Gasteiger partial charge in [0.25, 0.3) is 0 Å². The second-order valence-electron chi connectivity index (χ2n) is 7.00. The van der Waals surface area contributed by atoms with Crippen molar-refractivity contribution < 1.29 is 28.5 Å². The van der Waals surface area contributed by atoms with Crippen LogP contribution >= 0.6 is 0 Å². The number of ether oxygens (including phenoxy) is 4. The van der Waals surface area contributed by atoms with Crippen LogP contribution in [0.25, 0.3) is 0 Å². The Kier molecular flexibility index (Phi) is 9.57. The van der Waals surface area contributed by atoms with E-state index in [0.717, 1.165) is 32.1 Å². The molecule has 1 aliphatic rings. The number of hydrogen-bond acceptors (Lipinski definition) is 6. The Morgan fingerprint density at radius 3 is 2.04 bits per heavy atom. The van der Waals surface area contributed by atoms with E-state index in [1.807, 2.05) is 0 Å². The molecular weight excluding hydrogens is 312 g/mol. The van der Waals surface area contributed by atoms with Crippen LogP contribution in [0.5, 0.6) is 0 Å². The topological polar surface area (TPSA) is 71.1 Å². The molecule has 0 spiro atoms. The van der Waals surface area contributed by atoms with Crippen molar-refractivity contribution in [2.75, 3.05) is 6.61 Å². The maximum atomic E-state index is 11.8. The summed E-state index contributed by atoms with van der Waals surface area (Å²) >= 11 is 0. The van der Waals surface area contributed by atoms with Crippen LogP contribution in [0.2, 0.25) is 0 Å². The lowest BCUT2D eigenvalue weighted by Gasteiger charge is -2.30. The average Bonchev–Trinajstić information content (AvgIpc) is 2.47. The summed E-state index contributed by atoms with van der Waals surface area (Å²) in [5.41, 5.74) is 0. The van der Waals surface area contributed by atoms with Crippen molar-refractivity contribution in [1.29, 1.82) is 0 Å². The number of unbranched alkanes of at least 4 members (excludes halogenated alkanes) is 1. The van der Waals surface area contributed by atoms with Crippen molar-refractivity contribution in [3.8, 4) is 0 Å². The van der Waals surface area contributed by atoms with Crippen LogP contribution in [0, 0.1) is 5.92 Å². The highest BCUT2D eigenvalue weighted by molar-refractivity contribution is 5.61. The molecule has 0 heterocycles. The van der Waals surface area contributed by atoms with E-state index in [2.05, 4.69) is 13.8 Å². The number of hydrogen-bond donors (Lipinski definition) is 0. The lowest BCUT2D eigenvalue weighted by atomic mass is 9.95. The molecule has 1 rings (SSSR count). The fourth-order valence-corrected chi connectivity index (χ4v) is 2.64. The standard InChI is InChI=1S/C18H32O6/c1-13(2)9-7-8-12-21-17(19)23-15-10-5-6-11-16(15)24-18(20)22-14(3)4/h13-16H,5-12H2,1-4H3. The molecule has 2 unspecified atom stereocenters. The van der Waals surface area contributed by atoms with Gasteiger partial charge in [-0.1, -0.05) is 20.3 Å². The molecule has 0 bridgehead atoms. The summed E-state index contributed by atoms with van der Waals surface area (Å²) < 4.78 is 20.7. The predicted molar refractivity (Wildman–Crippen MR) is 89.9 cm³/mol. The summed E-state index contributed by atoms with van der Waals surface area (Å²) in [6, 6.07) is 0. The Labute approximate surface area is 145 Å². The monoisotopic (exact) mass is 344 g/mol. The molecule has 0 aromatic rings. The molecule has 24 heavy (non-hydrogen) atoms. The summed E-state index contributed by atoms with van der Waals surface area (Å²) in [7, 11) is 0. The normalized spacial score (nSPS) is 20.8. The van der Waals surface area contributed by atoms with E-state index in [0.29, 0.717) is 25.4 Å². The largest absolute Gasteiger partial charge is 0.508 e. The Hall–Kier alpha value is -1.46. The van der Waals surface area contributed by atoms with Crippen LogP contribution in [-0.4, -0.2) is 37.2 Å². The fourth-order valence-electron chi connectivity index (χ4n) is 2.64. The molecule has 1 fully saturated rings. The van der Waals surface area contributed by atoms with Gasteiger partial charge in [0.1, 0.15) is 12.2 Å². The lowest BCUT2D eigenvalue weighted by Crippen LogP contribution is -2.38. The molecule has 6 heteroatoms. The average molecular weight is 344 g/mol. The molecule has 1 saturated carbocycles. The Bertz CT molecular complexity index is 380. The van der Waals surface area contributed by atoms with Crippen molar-refractivity contribution >= 4 is 12.3 Å². The van der Waals surface area contributed by atoms with Crippen LogP contribution in [0.15, 0.2) is 0 Å². The highest BCUT2D eigenvalue weighted by atomic mass is 16.8. The first-order valence-electron chi connectivity index (χ1n) is 9.09. The van der Waals surface area contributed by atoms with Gasteiger partial charge in [0.2, 0.25) is 0 Å². The Morgan fingerprint density at radius 1 is 0.917 bits per heavy atom. The highest BCUT2D eigenvalue weighted by Gasteiger charge is 2.32. The lowest BCUT2D eigenvalue weighted by molar-refractivity contribution is -0.0753. The van der Waals surface area contributed by atoms with Gasteiger partial charge in [-0.15, -0.1) is 0 Å². The maximum Gasteiger partial charge on any atom is 0.508 e. The third-order valence-electron chi connectivity index (χ3n) is 3.86. The second kappa shape index (κ2) is 11.2. The number of rotatable bonds is 8. The highest BCUT2D eigenvalue weighted by Crippen LogP contribution is 2.25. The SMILES string of the molecule is CC(C)CCCCOC(=O)OC1CCCCC1OC(=O)OC(C)C. The quantitative estimate of drug-likeness (QED) is 0.463. The van der Waals surface area contributed by atoms with Crippen molar-refractivity contribution in [3.05, 3.63) is 0 Å². The molecule has 0 amide bonds.